The van der Waals surface area contributed by atoms with Gasteiger partial charge in [-0.25, -0.2) is 0 Å². The fraction of sp³-hybridized carbons (Fsp3) is 0.833. The van der Waals surface area contributed by atoms with Crippen molar-refractivity contribution >= 4 is 11.9 Å². The van der Waals surface area contributed by atoms with E-state index < -0.39 is 11.4 Å². The molecule has 0 saturated carbocycles. The molecule has 17 heavy (non-hydrogen) atoms. The topological polar surface area (TPSA) is 78.4 Å². The van der Waals surface area contributed by atoms with E-state index >= 15 is 0 Å². The van der Waals surface area contributed by atoms with Crippen molar-refractivity contribution in [2.45, 2.75) is 33.1 Å². The Morgan fingerprint density at radius 3 is 2.29 bits per heavy atom. The van der Waals surface area contributed by atoms with E-state index in [1.165, 1.54) is 0 Å². The summed E-state index contributed by atoms with van der Waals surface area (Å²) in [6.07, 6.45) is 1.56. The number of carboxylic acids is 1. The number of carboxylic acid groups (broad SMARTS) is 1. The van der Waals surface area contributed by atoms with E-state index in [1.54, 1.807) is 0 Å². The van der Waals surface area contributed by atoms with E-state index in [4.69, 9.17) is 0 Å². The molecule has 0 bridgehead atoms. The summed E-state index contributed by atoms with van der Waals surface area (Å²) >= 11 is 0. The number of rotatable bonds is 7. The molecule has 0 aromatic rings. The minimum absolute atomic E-state index is 0.0379. The summed E-state index contributed by atoms with van der Waals surface area (Å²) < 4.78 is 0. The largest absolute Gasteiger partial charge is 0.481 e. The predicted octanol–water partition coefficient (Wildman–Crippen LogP) is 0.603. The molecule has 1 aliphatic heterocycles. The first-order valence-corrected chi connectivity index (χ1v) is 6.25. The number of carbonyl (C=O) groups excluding carboxylic acids is 1. The van der Waals surface area contributed by atoms with E-state index in [0.29, 0.717) is 25.2 Å². The third kappa shape index (κ3) is 3.43. The van der Waals surface area contributed by atoms with Gasteiger partial charge in [0.25, 0.3) is 0 Å². The van der Waals surface area contributed by atoms with E-state index in [2.05, 4.69) is 10.6 Å². The molecule has 0 aromatic carbocycles. The van der Waals surface area contributed by atoms with Crippen molar-refractivity contribution in [1.82, 2.24) is 10.6 Å². The molecule has 98 valence electrons. The van der Waals surface area contributed by atoms with Crippen molar-refractivity contribution in [3.63, 3.8) is 0 Å². The fourth-order valence-electron chi connectivity index (χ4n) is 1.97. The fourth-order valence-corrected chi connectivity index (χ4v) is 1.97. The number of hydrogen-bond acceptors (Lipinski definition) is 3. The zero-order chi connectivity index (χ0) is 12.9. The van der Waals surface area contributed by atoms with Crippen LogP contribution in [0.3, 0.4) is 0 Å². The SMILES string of the molecule is CCC(CC)(CNC(=O)CC1CNC1)C(=O)O. The Kier molecular flexibility index (Phi) is 4.93. The molecule has 0 unspecified atom stereocenters. The van der Waals surface area contributed by atoms with Crippen LogP contribution >= 0.6 is 0 Å². The smallest absolute Gasteiger partial charge is 0.311 e. The first-order valence-electron chi connectivity index (χ1n) is 6.25. The summed E-state index contributed by atoms with van der Waals surface area (Å²) in [6, 6.07) is 0. The molecule has 1 rings (SSSR count). The maximum absolute atomic E-state index is 11.6. The molecule has 0 aromatic heterocycles. The normalized spacial score (nSPS) is 16.4. The minimum Gasteiger partial charge on any atom is -0.481 e. The second-order valence-corrected chi connectivity index (χ2v) is 4.80. The molecule has 1 saturated heterocycles. The van der Waals surface area contributed by atoms with E-state index in [9.17, 15) is 14.7 Å². The summed E-state index contributed by atoms with van der Waals surface area (Å²) in [4.78, 5) is 22.8. The highest BCUT2D eigenvalue weighted by Crippen LogP contribution is 2.25. The average molecular weight is 242 g/mol. The zero-order valence-electron chi connectivity index (χ0n) is 10.6. The molecular weight excluding hydrogens is 220 g/mol. The second-order valence-electron chi connectivity index (χ2n) is 4.80. The van der Waals surface area contributed by atoms with Crippen LogP contribution in [-0.4, -0.2) is 36.6 Å². The molecule has 5 nitrogen and oxygen atoms in total. The van der Waals surface area contributed by atoms with Crippen LogP contribution in [0.15, 0.2) is 0 Å². The summed E-state index contributed by atoms with van der Waals surface area (Å²) in [5, 5.41) is 15.1. The lowest BCUT2D eigenvalue weighted by molar-refractivity contribution is -0.149. The number of carbonyl (C=O) groups is 2. The number of hydrogen-bond donors (Lipinski definition) is 3. The Morgan fingerprint density at radius 1 is 1.35 bits per heavy atom. The quantitative estimate of drug-likeness (QED) is 0.611. The van der Waals surface area contributed by atoms with Crippen molar-refractivity contribution in [1.29, 1.82) is 0 Å². The lowest BCUT2D eigenvalue weighted by Gasteiger charge is -2.29. The Labute approximate surface area is 102 Å². The molecule has 3 N–H and O–H groups in total. The van der Waals surface area contributed by atoms with Gasteiger partial charge in [0.05, 0.1) is 5.41 Å². The van der Waals surface area contributed by atoms with Crippen LogP contribution in [0.5, 0.6) is 0 Å². The molecule has 1 fully saturated rings. The highest BCUT2D eigenvalue weighted by molar-refractivity contribution is 5.79. The lowest BCUT2D eigenvalue weighted by Crippen LogP contribution is -2.47. The van der Waals surface area contributed by atoms with Gasteiger partial charge in [-0.3, -0.25) is 9.59 Å². The molecular formula is C12H22N2O3. The van der Waals surface area contributed by atoms with Gasteiger partial charge in [0.15, 0.2) is 0 Å². The van der Waals surface area contributed by atoms with Gasteiger partial charge >= 0.3 is 5.97 Å². The molecule has 0 spiro atoms. The van der Waals surface area contributed by atoms with Crippen molar-refractivity contribution in [3.8, 4) is 0 Å². The number of nitrogens with one attached hydrogen (secondary N) is 2. The lowest BCUT2D eigenvalue weighted by atomic mass is 9.82. The average Bonchev–Trinajstić information content (AvgIpc) is 2.25. The van der Waals surface area contributed by atoms with Crippen molar-refractivity contribution < 1.29 is 14.7 Å². The Hall–Kier alpha value is -1.10. The van der Waals surface area contributed by atoms with Crippen LogP contribution in [0.4, 0.5) is 0 Å². The third-order valence-electron chi connectivity index (χ3n) is 3.77. The standard InChI is InChI=1S/C12H22N2O3/c1-3-12(4-2,11(16)17)8-14-10(15)5-9-6-13-7-9/h9,13H,3-8H2,1-2H3,(H,14,15)(H,16,17). The molecule has 1 aliphatic rings. The van der Waals surface area contributed by atoms with Crippen LogP contribution in [-0.2, 0) is 9.59 Å². The van der Waals surface area contributed by atoms with Crippen LogP contribution in [0.1, 0.15) is 33.1 Å². The van der Waals surface area contributed by atoms with Crippen molar-refractivity contribution in [2.75, 3.05) is 19.6 Å². The number of amides is 1. The van der Waals surface area contributed by atoms with Gasteiger partial charge in [-0.15, -0.1) is 0 Å². The molecule has 0 atom stereocenters. The Bertz CT molecular complexity index is 283. The van der Waals surface area contributed by atoms with Crippen molar-refractivity contribution in [2.24, 2.45) is 11.3 Å². The summed E-state index contributed by atoms with van der Waals surface area (Å²) in [7, 11) is 0. The Morgan fingerprint density at radius 2 is 1.94 bits per heavy atom. The van der Waals surface area contributed by atoms with Gasteiger partial charge in [0, 0.05) is 13.0 Å². The van der Waals surface area contributed by atoms with E-state index in [1.807, 2.05) is 13.8 Å². The third-order valence-corrected chi connectivity index (χ3v) is 3.77. The van der Waals surface area contributed by atoms with Gasteiger partial charge in [0.2, 0.25) is 5.91 Å². The van der Waals surface area contributed by atoms with Gasteiger partial charge < -0.3 is 15.7 Å². The molecule has 0 aliphatic carbocycles. The number of aliphatic carboxylic acids is 1. The molecule has 1 amide bonds. The van der Waals surface area contributed by atoms with E-state index in [0.717, 1.165) is 13.1 Å². The first-order chi connectivity index (χ1) is 8.04. The molecule has 1 heterocycles. The Balaban J connectivity index is 2.40. The second kappa shape index (κ2) is 6.00. The zero-order valence-corrected chi connectivity index (χ0v) is 10.6. The van der Waals surface area contributed by atoms with Crippen LogP contribution in [0, 0.1) is 11.3 Å². The predicted molar refractivity (Wildman–Crippen MR) is 64.6 cm³/mol. The van der Waals surface area contributed by atoms with Gasteiger partial charge in [-0.2, -0.15) is 0 Å². The minimum atomic E-state index is -0.826. The highest BCUT2D eigenvalue weighted by atomic mass is 16.4. The maximum atomic E-state index is 11.6. The van der Waals surface area contributed by atoms with Crippen LogP contribution < -0.4 is 10.6 Å². The summed E-state index contributed by atoms with van der Waals surface area (Å²) in [6.45, 7) is 5.70. The summed E-state index contributed by atoms with van der Waals surface area (Å²) in [5.74, 6) is -0.449. The maximum Gasteiger partial charge on any atom is 0.311 e. The molecule has 0 radical (unpaired) electrons. The van der Waals surface area contributed by atoms with Crippen LogP contribution in [0.2, 0.25) is 0 Å². The monoisotopic (exact) mass is 242 g/mol. The van der Waals surface area contributed by atoms with Gasteiger partial charge in [-0.05, 0) is 31.8 Å². The van der Waals surface area contributed by atoms with Gasteiger partial charge in [-0.1, -0.05) is 13.8 Å². The van der Waals surface area contributed by atoms with Crippen LogP contribution in [0.25, 0.3) is 0 Å². The summed E-state index contributed by atoms with van der Waals surface area (Å²) in [5.41, 5.74) is -0.812. The van der Waals surface area contributed by atoms with Gasteiger partial charge in [0.1, 0.15) is 0 Å². The molecule has 5 heteroatoms. The van der Waals surface area contributed by atoms with E-state index in [-0.39, 0.29) is 12.5 Å². The first kappa shape index (κ1) is 14.0. The highest BCUT2D eigenvalue weighted by Gasteiger charge is 2.35. The van der Waals surface area contributed by atoms with Crippen molar-refractivity contribution in [3.05, 3.63) is 0 Å².